The zero-order valence-corrected chi connectivity index (χ0v) is 12.5. The molecule has 3 N–H and O–H groups in total. The Morgan fingerprint density at radius 3 is 2.32 bits per heavy atom. The summed E-state index contributed by atoms with van der Waals surface area (Å²) in [6.45, 7) is 1.61. The lowest BCUT2D eigenvalue weighted by molar-refractivity contribution is -0.118. The highest BCUT2D eigenvalue weighted by Gasteiger charge is 2.19. The van der Waals surface area contributed by atoms with Gasteiger partial charge in [-0.3, -0.25) is 14.9 Å². The van der Waals surface area contributed by atoms with Crippen LogP contribution in [0.2, 0.25) is 0 Å². The lowest BCUT2D eigenvalue weighted by Crippen LogP contribution is -2.40. The van der Waals surface area contributed by atoms with Crippen molar-refractivity contribution in [2.75, 3.05) is 32.0 Å². The van der Waals surface area contributed by atoms with Crippen molar-refractivity contribution in [2.45, 2.75) is 12.8 Å². The number of urea groups is 1. The Balaban J connectivity index is 1.85. The van der Waals surface area contributed by atoms with E-state index >= 15 is 0 Å². The smallest absolute Gasteiger partial charge is 0.321 e. The molecule has 1 aromatic carbocycles. The molecule has 0 atom stereocenters. The monoisotopic (exact) mass is 304 g/mol. The molecule has 1 heterocycles. The van der Waals surface area contributed by atoms with Crippen LogP contribution < -0.4 is 16.0 Å². The first-order valence-corrected chi connectivity index (χ1v) is 7.25. The summed E-state index contributed by atoms with van der Waals surface area (Å²) in [7, 11) is 1.44. The van der Waals surface area contributed by atoms with E-state index in [0.29, 0.717) is 11.3 Å². The van der Waals surface area contributed by atoms with E-state index in [1.165, 1.54) is 7.05 Å². The van der Waals surface area contributed by atoms with Crippen molar-refractivity contribution in [3.8, 4) is 0 Å². The average molecular weight is 304 g/mol. The van der Waals surface area contributed by atoms with E-state index in [0.717, 1.165) is 25.9 Å². The van der Waals surface area contributed by atoms with E-state index in [9.17, 15) is 14.4 Å². The van der Waals surface area contributed by atoms with E-state index < -0.39 is 11.9 Å². The van der Waals surface area contributed by atoms with Crippen molar-refractivity contribution in [1.29, 1.82) is 0 Å². The number of anilines is 1. The van der Waals surface area contributed by atoms with Gasteiger partial charge in [-0.2, -0.15) is 0 Å². The number of nitrogens with one attached hydrogen (secondary N) is 3. The molecule has 0 aliphatic carbocycles. The Morgan fingerprint density at radius 2 is 1.73 bits per heavy atom. The summed E-state index contributed by atoms with van der Waals surface area (Å²) in [6.07, 6.45) is 2.12. The zero-order valence-electron chi connectivity index (χ0n) is 12.5. The second-order valence-corrected chi connectivity index (χ2v) is 5.06. The van der Waals surface area contributed by atoms with Crippen LogP contribution in [0, 0.1) is 0 Å². The Morgan fingerprint density at radius 1 is 1.09 bits per heavy atom. The summed E-state index contributed by atoms with van der Waals surface area (Å²) in [5, 5.41) is 7.35. The maximum atomic E-state index is 12.2. The quantitative estimate of drug-likeness (QED) is 0.767. The molecule has 1 aliphatic rings. The molecule has 1 aromatic rings. The summed E-state index contributed by atoms with van der Waals surface area (Å²) >= 11 is 0. The molecule has 0 saturated carbocycles. The van der Waals surface area contributed by atoms with Gasteiger partial charge >= 0.3 is 6.03 Å². The highest BCUT2D eigenvalue weighted by molar-refractivity contribution is 5.96. The van der Waals surface area contributed by atoms with E-state index in [2.05, 4.69) is 16.0 Å². The molecule has 0 radical (unpaired) electrons. The number of benzene rings is 1. The van der Waals surface area contributed by atoms with Crippen molar-refractivity contribution in [1.82, 2.24) is 15.5 Å². The molecule has 118 valence electrons. The Hall–Kier alpha value is -2.57. The Kier molecular flexibility index (Phi) is 5.35. The van der Waals surface area contributed by atoms with Crippen molar-refractivity contribution in [3.05, 3.63) is 29.8 Å². The van der Waals surface area contributed by atoms with Gasteiger partial charge < -0.3 is 15.5 Å². The molecule has 1 saturated heterocycles. The van der Waals surface area contributed by atoms with Crippen LogP contribution in [0.4, 0.5) is 10.5 Å². The highest BCUT2D eigenvalue weighted by atomic mass is 16.2. The van der Waals surface area contributed by atoms with Gasteiger partial charge in [-0.05, 0) is 37.1 Å². The first-order valence-electron chi connectivity index (χ1n) is 7.25. The molecule has 1 aliphatic heterocycles. The first-order chi connectivity index (χ1) is 10.6. The molecule has 2 rings (SSSR count). The van der Waals surface area contributed by atoms with E-state index in [-0.39, 0.29) is 12.5 Å². The van der Waals surface area contributed by atoms with E-state index in [1.807, 2.05) is 4.90 Å². The number of carbonyl (C=O) groups is 3. The van der Waals surface area contributed by atoms with Crippen molar-refractivity contribution in [2.24, 2.45) is 0 Å². The van der Waals surface area contributed by atoms with E-state index in [1.54, 1.807) is 24.3 Å². The Labute approximate surface area is 129 Å². The molecule has 22 heavy (non-hydrogen) atoms. The van der Waals surface area contributed by atoms with Gasteiger partial charge in [0, 0.05) is 31.4 Å². The van der Waals surface area contributed by atoms with Gasteiger partial charge in [0.05, 0.1) is 6.54 Å². The number of likely N-dealkylation sites (tertiary alicyclic amines) is 1. The zero-order chi connectivity index (χ0) is 15.9. The van der Waals surface area contributed by atoms with Gasteiger partial charge in [0.15, 0.2) is 0 Å². The molecule has 1 fully saturated rings. The normalized spacial score (nSPS) is 13.6. The minimum Gasteiger partial charge on any atom is -0.376 e. The third kappa shape index (κ3) is 4.21. The summed E-state index contributed by atoms with van der Waals surface area (Å²) in [4.78, 5) is 36.4. The fourth-order valence-corrected chi connectivity index (χ4v) is 2.25. The molecular weight excluding hydrogens is 284 g/mol. The highest BCUT2D eigenvalue weighted by Crippen LogP contribution is 2.15. The third-order valence-electron chi connectivity index (χ3n) is 3.46. The summed E-state index contributed by atoms with van der Waals surface area (Å²) in [5.41, 5.74) is 1.35. The molecule has 0 spiro atoms. The molecule has 0 unspecified atom stereocenters. The fraction of sp³-hybridized carbons (Fsp3) is 0.400. The van der Waals surface area contributed by atoms with Crippen LogP contribution in [0.25, 0.3) is 0 Å². The predicted octanol–water partition coefficient (Wildman–Crippen LogP) is 0.790. The number of carbonyl (C=O) groups excluding carboxylic acids is 3. The number of hydrogen-bond donors (Lipinski definition) is 3. The second-order valence-electron chi connectivity index (χ2n) is 5.06. The average Bonchev–Trinajstić information content (AvgIpc) is 3.07. The predicted molar refractivity (Wildman–Crippen MR) is 82.7 cm³/mol. The molecule has 0 bridgehead atoms. The standard InChI is InChI=1S/C15H20N4O3/c1-16-15(22)18-13(20)10-17-12-6-4-11(5-7-12)14(21)19-8-2-3-9-19/h4-7,17H,2-3,8-10H2,1H3,(H2,16,18,20,22). The minimum atomic E-state index is -0.543. The first kappa shape index (κ1) is 15.8. The molecule has 7 heteroatoms. The summed E-state index contributed by atoms with van der Waals surface area (Å²) in [6, 6.07) is 6.42. The topological polar surface area (TPSA) is 90.5 Å². The van der Waals surface area contributed by atoms with Gasteiger partial charge in [-0.1, -0.05) is 0 Å². The number of amides is 4. The third-order valence-corrected chi connectivity index (χ3v) is 3.46. The second kappa shape index (κ2) is 7.44. The fourth-order valence-electron chi connectivity index (χ4n) is 2.25. The van der Waals surface area contributed by atoms with Crippen LogP contribution in [0.1, 0.15) is 23.2 Å². The van der Waals surface area contributed by atoms with Crippen molar-refractivity contribution < 1.29 is 14.4 Å². The van der Waals surface area contributed by atoms with Crippen molar-refractivity contribution >= 4 is 23.5 Å². The van der Waals surface area contributed by atoms with Gasteiger partial charge in [0.25, 0.3) is 5.91 Å². The molecular formula is C15H20N4O3. The number of rotatable bonds is 4. The molecule has 0 aromatic heterocycles. The van der Waals surface area contributed by atoms with Crippen LogP contribution in [-0.4, -0.2) is 49.4 Å². The van der Waals surface area contributed by atoms with Crippen LogP contribution in [-0.2, 0) is 4.79 Å². The minimum absolute atomic E-state index is 0.0210. The van der Waals surface area contributed by atoms with E-state index in [4.69, 9.17) is 0 Å². The lowest BCUT2D eigenvalue weighted by Gasteiger charge is -2.15. The van der Waals surface area contributed by atoms with Gasteiger partial charge in [0.2, 0.25) is 5.91 Å². The van der Waals surface area contributed by atoms with Crippen LogP contribution >= 0.6 is 0 Å². The maximum absolute atomic E-state index is 12.2. The SMILES string of the molecule is CNC(=O)NC(=O)CNc1ccc(C(=O)N2CCCC2)cc1. The van der Waals surface area contributed by atoms with Crippen molar-refractivity contribution in [3.63, 3.8) is 0 Å². The number of hydrogen-bond acceptors (Lipinski definition) is 4. The number of imide groups is 1. The van der Waals surface area contributed by atoms with Crippen LogP contribution in [0.5, 0.6) is 0 Å². The largest absolute Gasteiger partial charge is 0.376 e. The summed E-state index contributed by atoms with van der Waals surface area (Å²) in [5.74, 6) is -0.391. The van der Waals surface area contributed by atoms with Crippen LogP contribution in [0.15, 0.2) is 24.3 Å². The lowest BCUT2D eigenvalue weighted by atomic mass is 10.2. The number of nitrogens with zero attached hydrogens (tertiary/aromatic N) is 1. The van der Waals surface area contributed by atoms with Gasteiger partial charge in [-0.15, -0.1) is 0 Å². The van der Waals surface area contributed by atoms with Crippen LogP contribution in [0.3, 0.4) is 0 Å². The molecule has 4 amide bonds. The Bertz CT molecular complexity index is 550. The molecule has 7 nitrogen and oxygen atoms in total. The van der Waals surface area contributed by atoms with Gasteiger partial charge in [-0.25, -0.2) is 4.79 Å². The maximum Gasteiger partial charge on any atom is 0.321 e. The summed E-state index contributed by atoms with van der Waals surface area (Å²) < 4.78 is 0. The van der Waals surface area contributed by atoms with Gasteiger partial charge in [0.1, 0.15) is 0 Å².